The molecule has 1 aliphatic rings. The monoisotopic (exact) mass is 460 g/mol. The average molecular weight is 461 g/mol. The topological polar surface area (TPSA) is 107 Å². The van der Waals surface area contributed by atoms with Crippen LogP contribution in [0.2, 0.25) is 0 Å². The molecule has 3 rings (SSSR count). The Kier molecular flexibility index (Phi) is 10.5. The lowest BCUT2D eigenvalue weighted by molar-refractivity contribution is -0.159. The molecule has 0 saturated carbocycles. The van der Waals surface area contributed by atoms with E-state index >= 15 is 0 Å². The molecule has 0 radical (unpaired) electrons. The first-order valence-corrected chi connectivity index (χ1v) is 10.6. The van der Waals surface area contributed by atoms with Crippen LogP contribution in [0.1, 0.15) is 18.4 Å². The quantitative estimate of drug-likeness (QED) is 0.612. The number of likely N-dealkylation sites (tertiary alicyclic amines) is 1. The Balaban J connectivity index is 0.000000569. The second-order valence-electron chi connectivity index (χ2n) is 7.76. The molecule has 0 atom stereocenters. The third-order valence-corrected chi connectivity index (χ3v) is 5.30. The van der Waals surface area contributed by atoms with E-state index in [9.17, 15) is 9.18 Å². The number of amides is 1. The van der Waals surface area contributed by atoms with Crippen molar-refractivity contribution in [1.29, 1.82) is 0 Å². The number of carbonyl (C=O) groups is 3. The molecule has 178 valence electrons. The number of para-hydroxylation sites is 1. The highest BCUT2D eigenvalue weighted by atomic mass is 19.1. The zero-order valence-corrected chi connectivity index (χ0v) is 18.5. The lowest BCUT2D eigenvalue weighted by Gasteiger charge is -2.32. The van der Waals surface area contributed by atoms with Crippen molar-refractivity contribution in [3.63, 3.8) is 0 Å². The minimum Gasteiger partial charge on any atom is -0.473 e. The van der Waals surface area contributed by atoms with Gasteiger partial charge in [0.05, 0.1) is 13.2 Å². The molecule has 0 bridgehead atoms. The number of carboxylic acid groups (broad SMARTS) is 2. The van der Waals surface area contributed by atoms with E-state index in [0.29, 0.717) is 25.7 Å². The molecule has 0 unspecified atom stereocenters. The second-order valence-corrected chi connectivity index (χ2v) is 7.76. The van der Waals surface area contributed by atoms with Crippen molar-refractivity contribution in [2.45, 2.75) is 19.4 Å². The number of piperidine rings is 1. The summed E-state index contributed by atoms with van der Waals surface area (Å²) in [6, 6.07) is 16.2. The van der Waals surface area contributed by atoms with Gasteiger partial charge in [-0.05, 0) is 61.7 Å². The number of carboxylic acids is 2. The van der Waals surface area contributed by atoms with E-state index in [1.54, 1.807) is 17.0 Å². The van der Waals surface area contributed by atoms with Crippen LogP contribution in [0.25, 0.3) is 0 Å². The number of rotatable bonds is 7. The number of hydrogen-bond acceptors (Lipinski definition) is 5. The van der Waals surface area contributed by atoms with E-state index in [4.69, 9.17) is 24.5 Å². The first-order valence-electron chi connectivity index (χ1n) is 10.6. The van der Waals surface area contributed by atoms with Gasteiger partial charge in [-0.2, -0.15) is 0 Å². The van der Waals surface area contributed by atoms with Crippen molar-refractivity contribution >= 4 is 23.5 Å². The van der Waals surface area contributed by atoms with E-state index in [1.165, 1.54) is 12.1 Å². The van der Waals surface area contributed by atoms with E-state index in [0.717, 1.165) is 37.2 Å². The Labute approximate surface area is 192 Å². The predicted molar refractivity (Wildman–Crippen MR) is 120 cm³/mol. The maximum Gasteiger partial charge on any atom is 0.414 e. The molecule has 0 aromatic heterocycles. The largest absolute Gasteiger partial charge is 0.473 e. The average Bonchev–Trinajstić information content (AvgIpc) is 2.82. The van der Waals surface area contributed by atoms with E-state index in [-0.39, 0.29) is 11.7 Å². The summed E-state index contributed by atoms with van der Waals surface area (Å²) in [5, 5.41) is 14.8. The van der Waals surface area contributed by atoms with Crippen LogP contribution in [0.3, 0.4) is 0 Å². The van der Waals surface area contributed by atoms with Gasteiger partial charge in [0, 0.05) is 19.3 Å². The Morgan fingerprint density at radius 2 is 1.58 bits per heavy atom. The van der Waals surface area contributed by atoms with Gasteiger partial charge in [-0.15, -0.1) is 0 Å². The SMILES string of the molecule is CN(C(=O)CN1CCC(COCc2ccc(F)cc2)CC1)c1ccccc1.O=C(O)C(=O)O. The number of aliphatic carboxylic acids is 2. The van der Waals surface area contributed by atoms with Gasteiger partial charge in [-0.25, -0.2) is 14.0 Å². The lowest BCUT2D eigenvalue weighted by atomic mass is 9.98. The van der Waals surface area contributed by atoms with Crippen LogP contribution in [0.5, 0.6) is 0 Å². The fourth-order valence-corrected chi connectivity index (χ4v) is 3.33. The number of nitrogens with zero attached hydrogens (tertiary/aromatic N) is 2. The molecular weight excluding hydrogens is 431 g/mol. The first kappa shape index (κ1) is 26.0. The fourth-order valence-electron chi connectivity index (χ4n) is 3.33. The van der Waals surface area contributed by atoms with Crippen molar-refractivity contribution in [2.75, 3.05) is 38.2 Å². The summed E-state index contributed by atoms with van der Waals surface area (Å²) in [6.07, 6.45) is 2.07. The van der Waals surface area contributed by atoms with Crippen LogP contribution in [-0.2, 0) is 25.7 Å². The maximum atomic E-state index is 12.9. The molecule has 2 N–H and O–H groups in total. The molecule has 33 heavy (non-hydrogen) atoms. The van der Waals surface area contributed by atoms with Crippen molar-refractivity contribution in [2.24, 2.45) is 5.92 Å². The summed E-state index contributed by atoms with van der Waals surface area (Å²) in [5.74, 6) is -3.24. The van der Waals surface area contributed by atoms with Gasteiger partial charge in [0.2, 0.25) is 5.91 Å². The second kappa shape index (κ2) is 13.3. The van der Waals surface area contributed by atoms with Crippen LogP contribution in [0, 0.1) is 11.7 Å². The number of likely N-dealkylation sites (N-methyl/N-ethyl adjacent to an activating group) is 1. The van der Waals surface area contributed by atoms with E-state index in [1.807, 2.05) is 37.4 Å². The molecule has 1 amide bonds. The minimum absolute atomic E-state index is 0.118. The summed E-state index contributed by atoms with van der Waals surface area (Å²) in [6.45, 7) is 3.51. The summed E-state index contributed by atoms with van der Waals surface area (Å²) in [4.78, 5) is 34.6. The first-order chi connectivity index (χ1) is 15.8. The zero-order chi connectivity index (χ0) is 24.2. The van der Waals surface area contributed by atoms with Gasteiger partial charge in [-0.3, -0.25) is 9.69 Å². The van der Waals surface area contributed by atoms with Gasteiger partial charge in [-0.1, -0.05) is 30.3 Å². The smallest absolute Gasteiger partial charge is 0.414 e. The molecule has 1 aliphatic heterocycles. The third kappa shape index (κ3) is 9.38. The van der Waals surface area contributed by atoms with Crippen molar-refractivity contribution < 1.29 is 33.7 Å². The fraction of sp³-hybridized carbons (Fsp3) is 0.375. The Morgan fingerprint density at radius 1 is 1.00 bits per heavy atom. The van der Waals surface area contributed by atoms with Gasteiger partial charge in [0.1, 0.15) is 5.82 Å². The number of benzene rings is 2. The molecule has 2 aromatic carbocycles. The van der Waals surface area contributed by atoms with E-state index < -0.39 is 11.9 Å². The zero-order valence-electron chi connectivity index (χ0n) is 18.5. The van der Waals surface area contributed by atoms with Crippen molar-refractivity contribution in [3.05, 3.63) is 66.0 Å². The standard InChI is InChI=1S/C22H27FN2O2.C2H2O4/c1-24(21-5-3-2-4-6-21)22(26)15-25-13-11-19(12-14-25)17-27-16-18-7-9-20(23)10-8-18;3-1(4)2(5)6/h2-10,19H,11-17H2,1H3;(H,3,4)(H,5,6). The van der Waals surface area contributed by atoms with Gasteiger partial charge in [0.15, 0.2) is 0 Å². The Hall–Kier alpha value is -3.30. The predicted octanol–water partition coefficient (Wildman–Crippen LogP) is 2.87. The summed E-state index contributed by atoms with van der Waals surface area (Å²) >= 11 is 0. The van der Waals surface area contributed by atoms with Crippen LogP contribution in [0.15, 0.2) is 54.6 Å². The highest BCUT2D eigenvalue weighted by Gasteiger charge is 2.22. The normalized spacial score (nSPS) is 14.1. The van der Waals surface area contributed by atoms with Crippen LogP contribution >= 0.6 is 0 Å². The molecule has 8 nitrogen and oxygen atoms in total. The number of ether oxygens (including phenoxy) is 1. The maximum absolute atomic E-state index is 12.9. The summed E-state index contributed by atoms with van der Waals surface area (Å²) in [5.41, 5.74) is 1.91. The highest BCUT2D eigenvalue weighted by molar-refractivity contribution is 6.27. The van der Waals surface area contributed by atoms with E-state index in [2.05, 4.69) is 4.90 Å². The van der Waals surface area contributed by atoms with Gasteiger partial charge < -0.3 is 19.8 Å². The van der Waals surface area contributed by atoms with Crippen molar-refractivity contribution in [3.8, 4) is 0 Å². The Morgan fingerprint density at radius 3 is 2.12 bits per heavy atom. The highest BCUT2D eigenvalue weighted by Crippen LogP contribution is 2.19. The third-order valence-electron chi connectivity index (χ3n) is 5.30. The molecular formula is C24H29FN2O6. The van der Waals surface area contributed by atoms with Crippen LogP contribution < -0.4 is 4.90 Å². The van der Waals surface area contributed by atoms with Gasteiger partial charge in [0.25, 0.3) is 0 Å². The molecule has 1 heterocycles. The molecule has 0 aliphatic carbocycles. The molecule has 9 heteroatoms. The van der Waals surface area contributed by atoms with Crippen LogP contribution in [-0.4, -0.2) is 66.2 Å². The van der Waals surface area contributed by atoms with Crippen molar-refractivity contribution in [1.82, 2.24) is 4.90 Å². The van der Waals surface area contributed by atoms with Crippen LogP contribution in [0.4, 0.5) is 10.1 Å². The summed E-state index contributed by atoms with van der Waals surface area (Å²) in [7, 11) is 1.83. The van der Waals surface area contributed by atoms with Gasteiger partial charge >= 0.3 is 11.9 Å². The number of halogens is 1. The molecule has 2 aromatic rings. The number of hydrogen-bond donors (Lipinski definition) is 2. The molecule has 0 spiro atoms. The summed E-state index contributed by atoms with van der Waals surface area (Å²) < 4.78 is 18.7. The minimum atomic E-state index is -1.82. The number of anilines is 1. The molecule has 1 saturated heterocycles. The molecule has 1 fully saturated rings. The lowest BCUT2D eigenvalue weighted by Crippen LogP contribution is -2.42. The Bertz CT molecular complexity index is 887. The number of carbonyl (C=O) groups excluding carboxylic acids is 1.